The van der Waals surface area contributed by atoms with Gasteiger partial charge >= 0.3 is 0 Å². The normalized spacial score (nSPS) is 10.3. The minimum Gasteiger partial charge on any atom is -0.378 e. The first-order chi connectivity index (χ1) is 9.58. The number of nitrogens with one attached hydrogen (secondary N) is 2. The van der Waals surface area contributed by atoms with Crippen LogP contribution in [-0.2, 0) is 18.4 Å². The molecule has 0 saturated heterocycles. The van der Waals surface area contributed by atoms with Crippen LogP contribution in [0.2, 0.25) is 5.02 Å². The van der Waals surface area contributed by atoms with Crippen LogP contribution in [0.1, 0.15) is 19.0 Å². The molecule has 2 N–H and O–H groups in total. The molecule has 0 radical (unpaired) electrons. The number of aryl methyl sites for hydroxylation is 1. The Kier molecular flexibility index (Phi) is 4.57. The molecule has 0 aliphatic rings. The van der Waals surface area contributed by atoms with E-state index in [-0.39, 0.29) is 5.91 Å². The molecule has 2 rings (SSSR count). The van der Waals surface area contributed by atoms with Gasteiger partial charge in [-0.2, -0.15) is 0 Å². The molecule has 0 fully saturated rings. The van der Waals surface area contributed by atoms with E-state index >= 15 is 0 Å². The minimum absolute atomic E-state index is 0.0350. The number of rotatable bonds is 5. The second kappa shape index (κ2) is 6.38. The van der Waals surface area contributed by atoms with Crippen molar-refractivity contribution >= 4 is 28.9 Å². The van der Waals surface area contributed by atoms with Crippen LogP contribution in [0, 0.1) is 0 Å². The second-order valence-corrected chi connectivity index (χ2v) is 4.74. The van der Waals surface area contributed by atoms with Gasteiger partial charge in [0.15, 0.2) is 0 Å². The number of halogens is 1. The third kappa shape index (κ3) is 3.71. The van der Waals surface area contributed by atoms with E-state index in [9.17, 15) is 4.79 Å². The zero-order valence-electron chi connectivity index (χ0n) is 11.4. The summed E-state index contributed by atoms with van der Waals surface area (Å²) in [6.45, 7) is 2.32. The highest BCUT2D eigenvalue weighted by Crippen LogP contribution is 2.26. The lowest BCUT2D eigenvalue weighted by molar-refractivity contribution is -0.115. The smallest absolute Gasteiger partial charge is 0.224 e. The predicted octanol–water partition coefficient (Wildman–Crippen LogP) is 2.43. The standard InChI is InChI=1S/C13H16ClN5O/c1-3-13(20)16-9-4-5-11(14)12(6-9)15-7-10-8-19(2)18-17-10/h4-6,8,15H,3,7H2,1-2H3,(H,16,20). The van der Waals surface area contributed by atoms with Crippen molar-refractivity contribution in [3.8, 4) is 0 Å². The van der Waals surface area contributed by atoms with Gasteiger partial charge in [-0.05, 0) is 18.2 Å². The van der Waals surface area contributed by atoms with Crippen LogP contribution in [0.25, 0.3) is 0 Å². The molecular formula is C13H16ClN5O. The van der Waals surface area contributed by atoms with Gasteiger partial charge in [0.2, 0.25) is 5.91 Å². The van der Waals surface area contributed by atoms with Gasteiger partial charge in [-0.3, -0.25) is 9.48 Å². The van der Waals surface area contributed by atoms with Crippen molar-refractivity contribution in [2.24, 2.45) is 7.05 Å². The summed E-state index contributed by atoms with van der Waals surface area (Å²) in [6.07, 6.45) is 2.26. The molecule has 20 heavy (non-hydrogen) atoms. The SMILES string of the molecule is CCC(=O)Nc1ccc(Cl)c(NCc2cn(C)nn2)c1. The molecule has 7 heteroatoms. The highest BCUT2D eigenvalue weighted by atomic mass is 35.5. The van der Waals surface area contributed by atoms with E-state index in [0.717, 1.165) is 11.4 Å². The number of benzene rings is 1. The number of anilines is 2. The van der Waals surface area contributed by atoms with E-state index in [1.165, 1.54) is 0 Å². The van der Waals surface area contributed by atoms with Crippen molar-refractivity contribution < 1.29 is 4.79 Å². The molecule has 0 saturated carbocycles. The molecule has 0 aliphatic heterocycles. The zero-order valence-corrected chi connectivity index (χ0v) is 12.1. The number of aromatic nitrogens is 3. The topological polar surface area (TPSA) is 71.8 Å². The van der Waals surface area contributed by atoms with Crippen LogP contribution in [0.15, 0.2) is 24.4 Å². The molecule has 1 heterocycles. The maximum atomic E-state index is 11.4. The van der Waals surface area contributed by atoms with Gasteiger partial charge < -0.3 is 10.6 Å². The van der Waals surface area contributed by atoms with Gasteiger partial charge in [0.25, 0.3) is 0 Å². The first-order valence-electron chi connectivity index (χ1n) is 6.27. The Bertz CT molecular complexity index is 611. The lowest BCUT2D eigenvalue weighted by Crippen LogP contribution is -2.10. The summed E-state index contributed by atoms with van der Waals surface area (Å²) in [7, 11) is 1.81. The van der Waals surface area contributed by atoms with Gasteiger partial charge in [0, 0.05) is 25.4 Å². The van der Waals surface area contributed by atoms with Crippen molar-refractivity contribution in [2.45, 2.75) is 19.9 Å². The quantitative estimate of drug-likeness (QED) is 0.888. The number of hydrogen-bond acceptors (Lipinski definition) is 4. The van der Waals surface area contributed by atoms with Crippen LogP contribution in [0.4, 0.5) is 11.4 Å². The maximum Gasteiger partial charge on any atom is 0.224 e. The largest absolute Gasteiger partial charge is 0.378 e. The zero-order chi connectivity index (χ0) is 14.5. The van der Waals surface area contributed by atoms with Crippen molar-refractivity contribution in [3.05, 3.63) is 35.1 Å². The molecule has 1 aromatic heterocycles. The predicted molar refractivity (Wildman–Crippen MR) is 78.7 cm³/mol. The lowest BCUT2D eigenvalue weighted by Gasteiger charge is -2.10. The number of carbonyl (C=O) groups is 1. The fraction of sp³-hybridized carbons (Fsp3) is 0.308. The summed E-state index contributed by atoms with van der Waals surface area (Å²) in [6, 6.07) is 5.31. The lowest BCUT2D eigenvalue weighted by atomic mass is 10.2. The van der Waals surface area contributed by atoms with E-state index in [1.54, 1.807) is 29.8 Å². The fourth-order valence-electron chi connectivity index (χ4n) is 1.65. The molecule has 0 atom stereocenters. The molecule has 0 spiro atoms. The Morgan fingerprint density at radius 1 is 1.45 bits per heavy atom. The second-order valence-electron chi connectivity index (χ2n) is 4.33. The number of carbonyl (C=O) groups excluding carboxylic acids is 1. The summed E-state index contributed by atoms with van der Waals surface area (Å²) in [5.41, 5.74) is 2.26. The average molecular weight is 294 g/mol. The van der Waals surface area contributed by atoms with Crippen LogP contribution in [0.3, 0.4) is 0 Å². The van der Waals surface area contributed by atoms with E-state index in [4.69, 9.17) is 11.6 Å². The summed E-state index contributed by atoms with van der Waals surface area (Å²) in [5, 5.41) is 14.4. The summed E-state index contributed by atoms with van der Waals surface area (Å²) < 4.78 is 1.64. The Labute approximate surface area is 122 Å². The Balaban J connectivity index is 2.06. The molecule has 0 aliphatic carbocycles. The fourth-order valence-corrected chi connectivity index (χ4v) is 1.83. The van der Waals surface area contributed by atoms with Gasteiger partial charge in [-0.1, -0.05) is 23.7 Å². The van der Waals surface area contributed by atoms with Gasteiger partial charge in [-0.15, -0.1) is 5.10 Å². The van der Waals surface area contributed by atoms with Crippen molar-refractivity contribution in [3.63, 3.8) is 0 Å². The Morgan fingerprint density at radius 2 is 2.25 bits per heavy atom. The average Bonchev–Trinajstić information content (AvgIpc) is 2.85. The van der Waals surface area contributed by atoms with Crippen molar-refractivity contribution in [1.29, 1.82) is 0 Å². The van der Waals surface area contributed by atoms with Crippen LogP contribution >= 0.6 is 11.6 Å². The molecular weight excluding hydrogens is 278 g/mol. The van der Waals surface area contributed by atoms with Gasteiger partial charge in [0.05, 0.1) is 17.3 Å². The third-order valence-corrected chi connectivity index (χ3v) is 3.01. The first kappa shape index (κ1) is 14.3. The molecule has 106 valence electrons. The van der Waals surface area contributed by atoms with E-state index < -0.39 is 0 Å². The van der Waals surface area contributed by atoms with E-state index in [1.807, 2.05) is 13.2 Å². The first-order valence-corrected chi connectivity index (χ1v) is 6.64. The van der Waals surface area contributed by atoms with Crippen LogP contribution in [0.5, 0.6) is 0 Å². The van der Waals surface area contributed by atoms with Crippen LogP contribution in [-0.4, -0.2) is 20.9 Å². The number of amides is 1. The van der Waals surface area contributed by atoms with Crippen molar-refractivity contribution in [1.82, 2.24) is 15.0 Å². The van der Waals surface area contributed by atoms with E-state index in [2.05, 4.69) is 20.9 Å². The van der Waals surface area contributed by atoms with Crippen molar-refractivity contribution in [2.75, 3.05) is 10.6 Å². The van der Waals surface area contributed by atoms with E-state index in [0.29, 0.717) is 23.7 Å². The molecule has 1 aromatic carbocycles. The third-order valence-electron chi connectivity index (χ3n) is 2.68. The monoisotopic (exact) mass is 293 g/mol. The Morgan fingerprint density at radius 3 is 2.90 bits per heavy atom. The number of nitrogens with zero attached hydrogens (tertiary/aromatic N) is 3. The Hall–Kier alpha value is -2.08. The summed E-state index contributed by atoms with van der Waals surface area (Å²) in [5.74, 6) is -0.0350. The number of hydrogen-bond donors (Lipinski definition) is 2. The molecule has 0 unspecified atom stereocenters. The van der Waals surface area contributed by atoms with Gasteiger partial charge in [0.1, 0.15) is 5.69 Å². The highest BCUT2D eigenvalue weighted by molar-refractivity contribution is 6.33. The summed E-state index contributed by atoms with van der Waals surface area (Å²) >= 11 is 6.12. The van der Waals surface area contributed by atoms with Gasteiger partial charge in [-0.25, -0.2) is 0 Å². The maximum absolute atomic E-state index is 11.4. The molecule has 6 nitrogen and oxygen atoms in total. The highest BCUT2D eigenvalue weighted by Gasteiger charge is 2.05. The molecule has 2 aromatic rings. The summed E-state index contributed by atoms with van der Waals surface area (Å²) in [4.78, 5) is 11.4. The van der Waals surface area contributed by atoms with Crippen LogP contribution < -0.4 is 10.6 Å². The minimum atomic E-state index is -0.0350. The molecule has 1 amide bonds. The molecule has 0 bridgehead atoms.